The molecule has 0 atom stereocenters. The number of carbonyl (C=O) groups is 1. The summed E-state index contributed by atoms with van der Waals surface area (Å²) in [6.45, 7) is 0.0221. The molecule has 3 aromatic rings. The number of rotatable bonds is 4. The van der Waals surface area contributed by atoms with Crippen LogP contribution in [0.1, 0.15) is 15.9 Å². The van der Waals surface area contributed by atoms with Crippen molar-refractivity contribution in [2.24, 2.45) is 0 Å². The first kappa shape index (κ1) is 23.2. The van der Waals surface area contributed by atoms with Crippen LogP contribution in [0.3, 0.4) is 0 Å². The van der Waals surface area contributed by atoms with Crippen molar-refractivity contribution >= 4 is 27.5 Å². The number of benzene rings is 2. The normalized spacial score (nSPS) is 15.6. The van der Waals surface area contributed by atoms with Crippen molar-refractivity contribution in [2.45, 2.75) is 11.1 Å². The molecule has 1 aliphatic heterocycles. The van der Waals surface area contributed by atoms with E-state index < -0.39 is 26.7 Å². The Labute approximate surface area is 192 Å². The van der Waals surface area contributed by atoms with E-state index in [1.807, 2.05) is 0 Å². The van der Waals surface area contributed by atoms with Crippen molar-refractivity contribution in [3.05, 3.63) is 71.3 Å². The van der Waals surface area contributed by atoms with Crippen molar-refractivity contribution in [3.8, 4) is 5.69 Å². The number of hydrogen-bond acceptors (Lipinski definition) is 5. The number of halogens is 4. The zero-order chi connectivity index (χ0) is 23.8. The largest absolute Gasteiger partial charge is 0.416 e. The number of nitrogens with zero attached hydrogens (tertiary/aromatic N) is 5. The minimum Gasteiger partial charge on any atom is -0.336 e. The third-order valence-corrected chi connectivity index (χ3v) is 7.58. The van der Waals surface area contributed by atoms with E-state index in [1.165, 1.54) is 22.2 Å². The van der Waals surface area contributed by atoms with Gasteiger partial charge in [0.2, 0.25) is 10.0 Å². The van der Waals surface area contributed by atoms with Gasteiger partial charge in [-0.3, -0.25) is 4.79 Å². The molecule has 1 amide bonds. The van der Waals surface area contributed by atoms with Crippen molar-refractivity contribution in [2.75, 3.05) is 26.2 Å². The maximum absolute atomic E-state index is 13.0. The topological polar surface area (TPSA) is 88.4 Å². The summed E-state index contributed by atoms with van der Waals surface area (Å²) in [6.07, 6.45) is -1.80. The van der Waals surface area contributed by atoms with Crippen molar-refractivity contribution in [1.29, 1.82) is 0 Å². The SMILES string of the molecule is O=C(c1ccc(-n2cncn2)cc1)N1CCN(S(=O)(=O)c2cc(C(F)(F)F)ccc2Cl)CC1. The molecule has 4 rings (SSSR count). The van der Waals surface area contributed by atoms with Gasteiger partial charge in [-0.25, -0.2) is 18.1 Å². The molecule has 1 aromatic heterocycles. The van der Waals surface area contributed by atoms with Crippen LogP contribution in [0.5, 0.6) is 0 Å². The number of aromatic nitrogens is 3. The zero-order valence-corrected chi connectivity index (χ0v) is 18.5. The van der Waals surface area contributed by atoms with Gasteiger partial charge in [-0.05, 0) is 42.5 Å². The Kier molecular flexibility index (Phi) is 6.16. The summed E-state index contributed by atoms with van der Waals surface area (Å²) in [7, 11) is -4.27. The van der Waals surface area contributed by atoms with E-state index in [2.05, 4.69) is 10.1 Å². The van der Waals surface area contributed by atoms with Gasteiger partial charge in [-0.15, -0.1) is 0 Å². The smallest absolute Gasteiger partial charge is 0.336 e. The molecule has 0 bridgehead atoms. The summed E-state index contributed by atoms with van der Waals surface area (Å²) in [6, 6.07) is 8.85. The van der Waals surface area contributed by atoms with Crippen molar-refractivity contribution in [3.63, 3.8) is 0 Å². The Hall–Kier alpha value is -2.96. The highest BCUT2D eigenvalue weighted by Gasteiger charge is 2.36. The van der Waals surface area contributed by atoms with E-state index >= 15 is 0 Å². The highest BCUT2D eigenvalue weighted by atomic mass is 35.5. The molecule has 0 saturated carbocycles. The Morgan fingerprint density at radius 1 is 1.00 bits per heavy atom. The van der Waals surface area contributed by atoms with Gasteiger partial charge in [-0.2, -0.15) is 22.6 Å². The Bertz CT molecular complexity index is 1260. The van der Waals surface area contributed by atoms with Gasteiger partial charge in [0.25, 0.3) is 5.91 Å². The Morgan fingerprint density at radius 2 is 1.67 bits per heavy atom. The maximum atomic E-state index is 13.0. The fourth-order valence-corrected chi connectivity index (χ4v) is 5.35. The van der Waals surface area contributed by atoms with Crippen LogP contribution in [0.2, 0.25) is 5.02 Å². The molecule has 8 nitrogen and oxygen atoms in total. The lowest BCUT2D eigenvalue weighted by Crippen LogP contribution is -2.50. The second-order valence-electron chi connectivity index (χ2n) is 7.23. The second-order valence-corrected chi connectivity index (χ2v) is 9.54. The van der Waals surface area contributed by atoms with Crippen molar-refractivity contribution in [1.82, 2.24) is 24.0 Å². The predicted octanol–water partition coefficient (Wildman–Crippen LogP) is 3.09. The van der Waals surface area contributed by atoms with Crippen LogP contribution in [0, 0.1) is 0 Å². The third kappa shape index (κ3) is 4.72. The summed E-state index contributed by atoms with van der Waals surface area (Å²) >= 11 is 5.91. The molecule has 0 N–H and O–H groups in total. The van der Waals surface area contributed by atoms with Crippen LogP contribution in [0.15, 0.2) is 60.0 Å². The molecule has 1 aliphatic rings. The molecule has 2 heterocycles. The average Bonchev–Trinajstić information content (AvgIpc) is 3.33. The molecule has 33 heavy (non-hydrogen) atoms. The van der Waals surface area contributed by atoms with Crippen LogP contribution >= 0.6 is 11.6 Å². The van der Waals surface area contributed by atoms with E-state index in [9.17, 15) is 26.4 Å². The molecule has 2 aromatic carbocycles. The van der Waals surface area contributed by atoms with Crippen LogP contribution < -0.4 is 0 Å². The zero-order valence-electron chi connectivity index (χ0n) is 16.9. The molecule has 174 valence electrons. The van der Waals surface area contributed by atoms with E-state index in [1.54, 1.807) is 24.3 Å². The maximum Gasteiger partial charge on any atom is 0.416 e. The Morgan fingerprint density at radius 3 is 2.24 bits per heavy atom. The number of sulfonamides is 1. The molecule has 0 unspecified atom stereocenters. The number of hydrogen-bond donors (Lipinski definition) is 0. The highest BCUT2D eigenvalue weighted by Crippen LogP contribution is 2.34. The lowest BCUT2D eigenvalue weighted by molar-refractivity contribution is -0.137. The molecular formula is C20H17ClF3N5O3S. The van der Waals surface area contributed by atoms with E-state index in [0.717, 1.165) is 22.1 Å². The van der Waals surface area contributed by atoms with Gasteiger partial charge in [0.1, 0.15) is 17.6 Å². The van der Waals surface area contributed by atoms with Gasteiger partial charge in [0.05, 0.1) is 16.3 Å². The van der Waals surface area contributed by atoms with Gasteiger partial charge in [-0.1, -0.05) is 11.6 Å². The minimum absolute atomic E-state index is 0.0717. The molecule has 0 spiro atoms. The predicted molar refractivity (Wildman–Crippen MR) is 112 cm³/mol. The van der Waals surface area contributed by atoms with Crippen LogP contribution in [0.4, 0.5) is 13.2 Å². The minimum atomic E-state index is -4.70. The summed E-state index contributed by atoms with van der Waals surface area (Å²) < 4.78 is 67.6. The fourth-order valence-electron chi connectivity index (χ4n) is 3.43. The highest BCUT2D eigenvalue weighted by molar-refractivity contribution is 7.89. The third-order valence-electron chi connectivity index (χ3n) is 5.20. The van der Waals surface area contributed by atoms with E-state index in [-0.39, 0.29) is 37.1 Å². The number of amides is 1. The van der Waals surface area contributed by atoms with Crippen LogP contribution in [0.25, 0.3) is 5.69 Å². The first-order chi connectivity index (χ1) is 15.6. The van der Waals surface area contributed by atoms with E-state index in [0.29, 0.717) is 11.6 Å². The lowest BCUT2D eigenvalue weighted by atomic mass is 10.1. The van der Waals surface area contributed by atoms with Crippen LogP contribution in [-0.4, -0.2) is 64.5 Å². The first-order valence-electron chi connectivity index (χ1n) is 9.68. The summed E-state index contributed by atoms with van der Waals surface area (Å²) in [5, 5.41) is 3.71. The molecule has 0 aliphatic carbocycles. The molecular weight excluding hydrogens is 483 g/mol. The standard InChI is InChI=1S/C20H17ClF3N5O3S/c21-17-6-3-15(20(22,23)24)11-18(17)33(31,32)28-9-7-27(8-10-28)19(30)14-1-4-16(5-2-14)29-13-25-12-26-29/h1-6,11-13H,7-10H2. The van der Waals surface area contributed by atoms with Gasteiger partial charge in [0.15, 0.2) is 0 Å². The van der Waals surface area contributed by atoms with Gasteiger partial charge < -0.3 is 4.90 Å². The van der Waals surface area contributed by atoms with E-state index in [4.69, 9.17) is 11.6 Å². The van der Waals surface area contributed by atoms with Crippen molar-refractivity contribution < 1.29 is 26.4 Å². The lowest BCUT2D eigenvalue weighted by Gasteiger charge is -2.34. The number of piperazine rings is 1. The first-order valence-corrected chi connectivity index (χ1v) is 11.5. The molecule has 1 saturated heterocycles. The number of carbonyl (C=O) groups excluding carboxylic acids is 1. The summed E-state index contributed by atoms with van der Waals surface area (Å²) in [5.41, 5.74) is 0.0302. The molecule has 1 fully saturated rings. The Balaban J connectivity index is 1.46. The second kappa shape index (κ2) is 8.76. The quantitative estimate of drug-likeness (QED) is 0.550. The van der Waals surface area contributed by atoms with Gasteiger partial charge in [0, 0.05) is 31.7 Å². The molecule has 0 radical (unpaired) electrons. The number of alkyl halides is 3. The monoisotopic (exact) mass is 499 g/mol. The fraction of sp³-hybridized carbons (Fsp3) is 0.250. The average molecular weight is 500 g/mol. The van der Waals surface area contributed by atoms with Crippen LogP contribution in [-0.2, 0) is 16.2 Å². The summed E-state index contributed by atoms with van der Waals surface area (Å²) in [5.74, 6) is -0.283. The summed E-state index contributed by atoms with van der Waals surface area (Å²) in [4.78, 5) is 17.6. The van der Waals surface area contributed by atoms with Gasteiger partial charge >= 0.3 is 6.18 Å². The molecule has 13 heteroatoms.